The Bertz CT molecular complexity index is 528. The predicted octanol–water partition coefficient (Wildman–Crippen LogP) is 3.84. The molecule has 0 saturated carbocycles. The van der Waals surface area contributed by atoms with Crippen molar-refractivity contribution >= 4 is 0 Å². The Labute approximate surface area is 116 Å². The van der Waals surface area contributed by atoms with Gasteiger partial charge >= 0.3 is 0 Å². The fraction of sp³-hybridized carbons (Fsp3) is 0.333. The molecule has 0 aromatic heterocycles. The fourth-order valence-electron chi connectivity index (χ4n) is 2.43. The van der Waals surface area contributed by atoms with Crippen LogP contribution >= 0.6 is 0 Å². The highest BCUT2D eigenvalue weighted by molar-refractivity contribution is 5.28. The average molecular weight is 253 g/mol. The molecule has 2 rings (SSSR count). The van der Waals surface area contributed by atoms with Gasteiger partial charge in [0.05, 0.1) is 0 Å². The summed E-state index contributed by atoms with van der Waals surface area (Å²) in [7, 11) is 0. The molecule has 19 heavy (non-hydrogen) atoms. The Morgan fingerprint density at radius 1 is 1.00 bits per heavy atom. The normalized spacial score (nSPS) is 13.3. The molecular formula is C18H23N. The molecule has 0 saturated heterocycles. The lowest BCUT2D eigenvalue weighted by Crippen LogP contribution is -2.42. The second kappa shape index (κ2) is 5.58. The monoisotopic (exact) mass is 253 g/mol. The molecule has 1 nitrogen and oxygen atoms in total. The van der Waals surface area contributed by atoms with Crippen LogP contribution < -0.4 is 5.73 Å². The van der Waals surface area contributed by atoms with E-state index in [4.69, 9.17) is 5.73 Å². The van der Waals surface area contributed by atoms with Crippen LogP contribution in [0.5, 0.6) is 0 Å². The van der Waals surface area contributed by atoms with Crippen molar-refractivity contribution in [1.82, 2.24) is 0 Å². The molecule has 0 aliphatic rings. The number of aryl methyl sites for hydroxylation is 1. The van der Waals surface area contributed by atoms with Gasteiger partial charge in [0.25, 0.3) is 0 Å². The molecule has 0 radical (unpaired) electrons. The summed E-state index contributed by atoms with van der Waals surface area (Å²) in [5, 5.41) is 0. The van der Waals surface area contributed by atoms with Crippen molar-refractivity contribution in [1.29, 1.82) is 0 Å². The maximum atomic E-state index is 6.47. The van der Waals surface area contributed by atoms with Gasteiger partial charge < -0.3 is 5.73 Å². The summed E-state index contributed by atoms with van der Waals surface area (Å²) in [6, 6.07) is 19.3. The zero-order chi connectivity index (χ0) is 13.9. The zero-order valence-corrected chi connectivity index (χ0v) is 12.1. The van der Waals surface area contributed by atoms with E-state index in [0.717, 1.165) is 6.42 Å². The lowest BCUT2D eigenvalue weighted by Gasteiger charge is -2.32. The third-order valence-corrected chi connectivity index (χ3v) is 3.98. The topological polar surface area (TPSA) is 26.0 Å². The average Bonchev–Trinajstić information content (AvgIpc) is 2.39. The summed E-state index contributed by atoms with van der Waals surface area (Å²) in [5.41, 5.74) is 10.4. The lowest BCUT2D eigenvalue weighted by atomic mass is 9.76. The molecule has 0 heterocycles. The lowest BCUT2D eigenvalue weighted by molar-refractivity contribution is 0.406. The van der Waals surface area contributed by atoms with Gasteiger partial charge in [0.15, 0.2) is 0 Å². The van der Waals surface area contributed by atoms with Crippen LogP contribution in [0.4, 0.5) is 0 Å². The number of benzene rings is 2. The SMILES string of the molecule is Cc1cccc(CC(N)C(C)(C)c2ccccc2)c1. The van der Waals surface area contributed by atoms with Crippen LogP contribution in [0.2, 0.25) is 0 Å². The second-order valence-corrected chi connectivity index (χ2v) is 5.89. The Morgan fingerprint density at radius 2 is 1.68 bits per heavy atom. The van der Waals surface area contributed by atoms with Crippen LogP contribution in [0.1, 0.15) is 30.5 Å². The Morgan fingerprint density at radius 3 is 2.32 bits per heavy atom. The number of hydrogen-bond acceptors (Lipinski definition) is 1. The van der Waals surface area contributed by atoms with Gasteiger partial charge in [-0.05, 0) is 24.5 Å². The van der Waals surface area contributed by atoms with Gasteiger partial charge in [-0.2, -0.15) is 0 Å². The summed E-state index contributed by atoms with van der Waals surface area (Å²) in [5.74, 6) is 0. The van der Waals surface area contributed by atoms with E-state index in [2.05, 4.69) is 69.3 Å². The van der Waals surface area contributed by atoms with Gasteiger partial charge in [-0.25, -0.2) is 0 Å². The van der Waals surface area contributed by atoms with E-state index < -0.39 is 0 Å². The molecule has 1 unspecified atom stereocenters. The Balaban J connectivity index is 2.17. The number of rotatable bonds is 4. The number of hydrogen-bond donors (Lipinski definition) is 1. The molecular weight excluding hydrogens is 230 g/mol. The van der Waals surface area contributed by atoms with E-state index in [-0.39, 0.29) is 11.5 Å². The molecule has 2 aromatic rings. The molecule has 0 bridgehead atoms. The first-order chi connectivity index (χ1) is 9.00. The first kappa shape index (κ1) is 13.8. The van der Waals surface area contributed by atoms with Crippen molar-refractivity contribution in [3.05, 3.63) is 71.3 Å². The highest BCUT2D eigenvalue weighted by Crippen LogP contribution is 2.27. The summed E-state index contributed by atoms with van der Waals surface area (Å²) >= 11 is 0. The van der Waals surface area contributed by atoms with E-state index in [0.29, 0.717) is 0 Å². The minimum Gasteiger partial charge on any atom is -0.327 e. The summed E-state index contributed by atoms with van der Waals surface area (Å²) in [6.07, 6.45) is 0.906. The van der Waals surface area contributed by atoms with Crippen LogP contribution in [0, 0.1) is 6.92 Å². The minimum absolute atomic E-state index is 0.0228. The third-order valence-electron chi connectivity index (χ3n) is 3.98. The third kappa shape index (κ3) is 3.24. The summed E-state index contributed by atoms with van der Waals surface area (Å²) in [4.78, 5) is 0. The Kier molecular flexibility index (Phi) is 4.06. The molecule has 1 atom stereocenters. The quantitative estimate of drug-likeness (QED) is 0.880. The van der Waals surface area contributed by atoms with Crippen LogP contribution in [0.15, 0.2) is 54.6 Å². The molecule has 1 heteroatoms. The van der Waals surface area contributed by atoms with Gasteiger partial charge in [0.2, 0.25) is 0 Å². The highest BCUT2D eigenvalue weighted by atomic mass is 14.7. The highest BCUT2D eigenvalue weighted by Gasteiger charge is 2.28. The molecule has 0 amide bonds. The minimum atomic E-state index is -0.0228. The van der Waals surface area contributed by atoms with E-state index in [1.54, 1.807) is 0 Å². The smallest absolute Gasteiger partial charge is 0.0172 e. The van der Waals surface area contributed by atoms with Gasteiger partial charge in [-0.1, -0.05) is 74.0 Å². The summed E-state index contributed by atoms with van der Waals surface area (Å²) in [6.45, 7) is 6.57. The van der Waals surface area contributed by atoms with Crippen molar-refractivity contribution in [2.45, 2.75) is 38.6 Å². The van der Waals surface area contributed by atoms with E-state index in [9.17, 15) is 0 Å². The standard InChI is InChI=1S/C18H23N/c1-14-8-7-9-15(12-14)13-17(19)18(2,3)16-10-5-4-6-11-16/h4-12,17H,13,19H2,1-3H3. The van der Waals surface area contributed by atoms with Crippen LogP contribution in [0.25, 0.3) is 0 Å². The van der Waals surface area contributed by atoms with Crippen molar-refractivity contribution in [3.8, 4) is 0 Å². The zero-order valence-electron chi connectivity index (χ0n) is 12.1. The van der Waals surface area contributed by atoms with Crippen molar-refractivity contribution < 1.29 is 0 Å². The molecule has 2 aromatic carbocycles. The maximum absolute atomic E-state index is 6.47. The van der Waals surface area contributed by atoms with E-state index in [1.165, 1.54) is 16.7 Å². The molecule has 100 valence electrons. The van der Waals surface area contributed by atoms with Crippen molar-refractivity contribution in [2.24, 2.45) is 5.73 Å². The van der Waals surface area contributed by atoms with Crippen LogP contribution in [-0.2, 0) is 11.8 Å². The van der Waals surface area contributed by atoms with Crippen LogP contribution in [0.3, 0.4) is 0 Å². The van der Waals surface area contributed by atoms with Crippen molar-refractivity contribution in [2.75, 3.05) is 0 Å². The molecule has 0 fully saturated rings. The fourth-order valence-corrected chi connectivity index (χ4v) is 2.43. The largest absolute Gasteiger partial charge is 0.327 e. The maximum Gasteiger partial charge on any atom is 0.0172 e. The summed E-state index contributed by atoms with van der Waals surface area (Å²) < 4.78 is 0. The molecule has 2 N–H and O–H groups in total. The van der Waals surface area contributed by atoms with Crippen molar-refractivity contribution in [3.63, 3.8) is 0 Å². The van der Waals surface area contributed by atoms with E-state index in [1.807, 2.05) is 6.07 Å². The van der Waals surface area contributed by atoms with E-state index >= 15 is 0 Å². The van der Waals surface area contributed by atoms with Gasteiger partial charge in [-0.15, -0.1) is 0 Å². The van der Waals surface area contributed by atoms with Gasteiger partial charge in [0.1, 0.15) is 0 Å². The molecule has 0 aliphatic carbocycles. The first-order valence-electron chi connectivity index (χ1n) is 6.87. The molecule has 0 spiro atoms. The first-order valence-corrected chi connectivity index (χ1v) is 6.87. The number of nitrogens with two attached hydrogens (primary N) is 1. The molecule has 0 aliphatic heterocycles. The van der Waals surface area contributed by atoms with Gasteiger partial charge in [0, 0.05) is 11.5 Å². The Hall–Kier alpha value is -1.60. The predicted molar refractivity (Wildman–Crippen MR) is 82.3 cm³/mol. The second-order valence-electron chi connectivity index (χ2n) is 5.89. The van der Waals surface area contributed by atoms with Crippen LogP contribution in [-0.4, -0.2) is 6.04 Å². The van der Waals surface area contributed by atoms with Gasteiger partial charge in [-0.3, -0.25) is 0 Å².